The first kappa shape index (κ1) is 19.5. The Morgan fingerprint density at radius 3 is 2.10 bits per heavy atom. The van der Waals surface area contributed by atoms with Crippen molar-refractivity contribution in [1.29, 1.82) is 0 Å². The molecule has 7 heteroatoms. The van der Waals surface area contributed by atoms with Crippen molar-refractivity contribution in [3.63, 3.8) is 0 Å². The molecule has 2 nitrogen and oxygen atoms in total. The van der Waals surface area contributed by atoms with Gasteiger partial charge in [-0.1, -0.05) is 12.1 Å². The Morgan fingerprint density at radius 2 is 1.70 bits per heavy atom. The van der Waals surface area contributed by atoms with E-state index in [0.717, 1.165) is 12.1 Å². The van der Waals surface area contributed by atoms with E-state index in [-0.39, 0.29) is 23.8 Å². The molecule has 0 fully saturated rings. The van der Waals surface area contributed by atoms with E-state index in [4.69, 9.17) is 17.3 Å². The molecule has 0 amide bonds. The molecule has 1 aromatic rings. The molecule has 0 aliphatic heterocycles. The van der Waals surface area contributed by atoms with E-state index < -0.39 is 11.7 Å². The topological polar surface area (TPSA) is 29.3 Å². The molecule has 0 aromatic heterocycles. The minimum atomic E-state index is -4.32. The zero-order valence-electron chi connectivity index (χ0n) is 11.3. The molecule has 2 N–H and O–H groups in total. The highest BCUT2D eigenvalue weighted by Crippen LogP contribution is 2.32. The number of nitrogens with two attached hydrogens (primary N) is 1. The van der Waals surface area contributed by atoms with Gasteiger partial charge in [-0.3, -0.25) is 0 Å². The summed E-state index contributed by atoms with van der Waals surface area (Å²) in [5.41, 5.74) is 5.89. The summed E-state index contributed by atoms with van der Waals surface area (Å²) in [6, 6.07) is 4.79. The molecule has 0 saturated heterocycles. The highest BCUT2D eigenvalue weighted by Gasteiger charge is 2.30. The molecule has 0 bridgehead atoms. The molecule has 20 heavy (non-hydrogen) atoms. The Kier molecular flexibility index (Phi) is 7.88. The van der Waals surface area contributed by atoms with Crippen LogP contribution in [-0.4, -0.2) is 31.6 Å². The van der Waals surface area contributed by atoms with Crippen LogP contribution in [0.1, 0.15) is 22.9 Å². The maximum absolute atomic E-state index is 12.4. The molecular weight excluding hydrogens is 312 g/mol. The molecule has 116 valence electrons. The first-order valence-corrected chi connectivity index (χ1v) is 6.35. The Hall–Kier alpha value is -0.490. The van der Waals surface area contributed by atoms with E-state index >= 15 is 0 Å². The number of likely N-dealkylation sites (N-methyl/N-ethyl adjacent to an activating group) is 1. The van der Waals surface area contributed by atoms with Gasteiger partial charge in [-0.25, -0.2) is 0 Å². The van der Waals surface area contributed by atoms with Gasteiger partial charge in [-0.15, -0.1) is 24.0 Å². The van der Waals surface area contributed by atoms with E-state index in [1.165, 1.54) is 12.1 Å². The summed E-state index contributed by atoms with van der Waals surface area (Å²) in [5, 5.41) is -0.378. The first-order chi connectivity index (χ1) is 8.70. The number of benzene rings is 1. The molecule has 0 heterocycles. The minimum Gasteiger partial charge on any atom is -0.326 e. The van der Waals surface area contributed by atoms with Gasteiger partial charge in [0, 0.05) is 12.6 Å². The third-order valence-electron chi connectivity index (χ3n) is 2.71. The van der Waals surface area contributed by atoms with Crippen molar-refractivity contribution in [2.45, 2.75) is 24.0 Å². The van der Waals surface area contributed by atoms with Gasteiger partial charge in [-0.2, -0.15) is 13.2 Å². The normalized spacial score (nSPS) is 14.8. The largest absolute Gasteiger partial charge is 0.416 e. The van der Waals surface area contributed by atoms with Crippen molar-refractivity contribution in [3.8, 4) is 0 Å². The van der Waals surface area contributed by atoms with Crippen molar-refractivity contribution in [1.82, 2.24) is 4.90 Å². The summed E-state index contributed by atoms with van der Waals surface area (Å²) in [5.74, 6) is 0. The van der Waals surface area contributed by atoms with Crippen LogP contribution in [0, 0.1) is 0 Å². The Balaban J connectivity index is 0.00000361. The van der Waals surface area contributed by atoms with Crippen LogP contribution in [0.15, 0.2) is 24.3 Å². The molecule has 1 rings (SSSR count). The highest BCUT2D eigenvalue weighted by molar-refractivity contribution is 6.20. The summed E-state index contributed by atoms with van der Waals surface area (Å²) >= 11 is 6.17. The summed E-state index contributed by atoms with van der Waals surface area (Å²) in [7, 11) is 3.81. The van der Waals surface area contributed by atoms with Crippen LogP contribution in [0.5, 0.6) is 0 Å². The van der Waals surface area contributed by atoms with Gasteiger partial charge in [0.05, 0.1) is 10.9 Å². The molecule has 2 unspecified atom stereocenters. The van der Waals surface area contributed by atoms with Crippen LogP contribution in [0.4, 0.5) is 13.2 Å². The summed E-state index contributed by atoms with van der Waals surface area (Å²) < 4.78 is 37.2. The fraction of sp³-hybridized carbons (Fsp3) is 0.538. The van der Waals surface area contributed by atoms with Crippen molar-refractivity contribution < 1.29 is 13.2 Å². The third-order valence-corrected chi connectivity index (χ3v) is 3.14. The lowest BCUT2D eigenvalue weighted by Gasteiger charge is -2.20. The second kappa shape index (κ2) is 8.08. The van der Waals surface area contributed by atoms with Gasteiger partial charge in [0.1, 0.15) is 0 Å². The van der Waals surface area contributed by atoms with Gasteiger partial charge < -0.3 is 10.6 Å². The summed E-state index contributed by atoms with van der Waals surface area (Å²) in [6.07, 6.45) is -3.80. The predicted octanol–water partition coefficient (Wildman–Crippen LogP) is 3.69. The van der Waals surface area contributed by atoms with Gasteiger partial charge in [0.2, 0.25) is 0 Å². The van der Waals surface area contributed by atoms with E-state index in [1.54, 1.807) is 0 Å². The zero-order chi connectivity index (χ0) is 14.6. The van der Waals surface area contributed by atoms with Crippen molar-refractivity contribution >= 4 is 24.0 Å². The second-order valence-corrected chi connectivity index (χ2v) is 5.37. The van der Waals surface area contributed by atoms with Crippen LogP contribution < -0.4 is 5.73 Å². The van der Waals surface area contributed by atoms with Gasteiger partial charge >= 0.3 is 6.18 Å². The predicted molar refractivity (Wildman–Crippen MR) is 78.4 cm³/mol. The van der Waals surface area contributed by atoms with Crippen LogP contribution in [0.2, 0.25) is 0 Å². The number of hydrogen-bond acceptors (Lipinski definition) is 2. The van der Waals surface area contributed by atoms with Gasteiger partial charge in [0.15, 0.2) is 0 Å². The lowest BCUT2D eigenvalue weighted by atomic mass is 10.0. The lowest BCUT2D eigenvalue weighted by molar-refractivity contribution is -0.137. The number of rotatable bonds is 5. The average molecular weight is 331 g/mol. The maximum Gasteiger partial charge on any atom is 0.416 e. The molecule has 2 atom stereocenters. The van der Waals surface area contributed by atoms with E-state index in [1.807, 2.05) is 19.0 Å². The van der Waals surface area contributed by atoms with E-state index in [2.05, 4.69) is 0 Å². The van der Waals surface area contributed by atoms with Gasteiger partial charge in [-0.05, 0) is 38.2 Å². The Morgan fingerprint density at radius 1 is 1.20 bits per heavy atom. The van der Waals surface area contributed by atoms with Crippen molar-refractivity contribution in [2.24, 2.45) is 5.73 Å². The highest BCUT2D eigenvalue weighted by atomic mass is 35.5. The average Bonchev–Trinajstić information content (AvgIpc) is 2.26. The quantitative estimate of drug-likeness (QED) is 0.834. The fourth-order valence-electron chi connectivity index (χ4n) is 1.83. The number of alkyl halides is 4. The molecule has 0 saturated carbocycles. The van der Waals surface area contributed by atoms with E-state index in [9.17, 15) is 13.2 Å². The smallest absolute Gasteiger partial charge is 0.326 e. The van der Waals surface area contributed by atoms with Crippen LogP contribution >= 0.6 is 24.0 Å². The molecule has 0 radical (unpaired) electrons. The molecular formula is C13H19Cl2F3N2. The van der Waals surface area contributed by atoms with Crippen LogP contribution in [0.3, 0.4) is 0 Å². The standard InChI is InChI=1S/C13H18ClF3N2.ClH/c1-19(2)8-11(18)7-12(14)9-3-5-10(6-4-9)13(15,16)17;/h3-6,11-12H,7-8,18H2,1-2H3;1H. The second-order valence-electron chi connectivity index (χ2n) is 4.85. The van der Waals surface area contributed by atoms with Crippen molar-refractivity contribution in [2.75, 3.05) is 20.6 Å². The molecule has 0 spiro atoms. The Bertz CT molecular complexity index is 394. The summed E-state index contributed by atoms with van der Waals surface area (Å²) in [4.78, 5) is 1.95. The maximum atomic E-state index is 12.4. The van der Waals surface area contributed by atoms with Crippen molar-refractivity contribution in [3.05, 3.63) is 35.4 Å². The lowest BCUT2D eigenvalue weighted by Crippen LogP contribution is -2.33. The molecule has 0 aliphatic carbocycles. The van der Waals surface area contributed by atoms with E-state index in [0.29, 0.717) is 18.5 Å². The third kappa shape index (κ3) is 6.31. The van der Waals surface area contributed by atoms with Gasteiger partial charge in [0.25, 0.3) is 0 Å². The molecule has 1 aromatic carbocycles. The minimum absolute atomic E-state index is 0. The zero-order valence-corrected chi connectivity index (χ0v) is 12.9. The van der Waals surface area contributed by atoms with Crippen LogP contribution in [0.25, 0.3) is 0 Å². The van der Waals surface area contributed by atoms with Crippen LogP contribution in [-0.2, 0) is 6.18 Å². The summed E-state index contributed by atoms with van der Waals surface area (Å²) in [6.45, 7) is 0.684. The first-order valence-electron chi connectivity index (χ1n) is 5.91. The fourth-order valence-corrected chi connectivity index (χ4v) is 2.20. The number of halogens is 5. The number of nitrogens with zero attached hydrogens (tertiary/aromatic N) is 1. The Labute approximate surface area is 128 Å². The number of hydrogen-bond donors (Lipinski definition) is 1. The molecule has 0 aliphatic rings. The monoisotopic (exact) mass is 330 g/mol. The SMILES string of the molecule is CN(C)CC(N)CC(Cl)c1ccc(C(F)(F)F)cc1.Cl.